The molecule has 1 fully saturated rings. The van der Waals surface area contributed by atoms with Gasteiger partial charge in [-0.3, -0.25) is 9.59 Å². The number of likely N-dealkylation sites (tertiary alicyclic amines) is 1. The molecule has 23 heavy (non-hydrogen) atoms. The summed E-state index contributed by atoms with van der Waals surface area (Å²) >= 11 is 0. The topological polar surface area (TPSA) is 61.9 Å². The van der Waals surface area contributed by atoms with Crippen molar-refractivity contribution in [2.24, 2.45) is 0 Å². The predicted octanol–water partition coefficient (Wildman–Crippen LogP) is 1.44. The third-order valence-electron chi connectivity index (χ3n) is 4.16. The van der Waals surface area contributed by atoms with Gasteiger partial charge >= 0.3 is 0 Å². The minimum Gasteiger partial charge on any atom is -0.375 e. The second-order valence-electron chi connectivity index (χ2n) is 6.03. The first-order valence-corrected chi connectivity index (χ1v) is 7.86. The van der Waals surface area contributed by atoms with Gasteiger partial charge in [0.25, 0.3) is 5.91 Å². The van der Waals surface area contributed by atoms with E-state index in [-0.39, 0.29) is 24.5 Å². The van der Waals surface area contributed by atoms with Crippen LogP contribution in [0.4, 0.5) is 5.69 Å². The normalized spacial score (nSPS) is 18.5. The van der Waals surface area contributed by atoms with Crippen molar-refractivity contribution in [1.82, 2.24) is 9.80 Å². The van der Waals surface area contributed by atoms with Crippen LogP contribution in [0.3, 0.4) is 0 Å². The lowest BCUT2D eigenvalue weighted by Crippen LogP contribution is -2.47. The number of piperidine rings is 1. The first-order chi connectivity index (χ1) is 11.0. The fraction of sp³-hybridized carbons (Fsp3) is 0.529. The van der Waals surface area contributed by atoms with Crippen LogP contribution < -0.4 is 5.32 Å². The molecule has 1 atom stereocenters. The Morgan fingerprint density at radius 3 is 2.65 bits per heavy atom. The molecule has 1 aromatic carbocycles. The molecule has 0 spiro atoms. The Morgan fingerprint density at radius 2 is 2.04 bits per heavy atom. The van der Waals surface area contributed by atoms with Gasteiger partial charge in [-0.15, -0.1) is 0 Å². The van der Waals surface area contributed by atoms with E-state index in [0.29, 0.717) is 11.3 Å². The number of rotatable bonds is 5. The van der Waals surface area contributed by atoms with Gasteiger partial charge in [0, 0.05) is 38.0 Å². The molecule has 0 bridgehead atoms. The summed E-state index contributed by atoms with van der Waals surface area (Å²) in [5.74, 6) is -0.200. The van der Waals surface area contributed by atoms with Crippen molar-refractivity contribution in [2.45, 2.75) is 18.9 Å². The average molecular weight is 319 g/mol. The summed E-state index contributed by atoms with van der Waals surface area (Å²) in [4.78, 5) is 28.1. The summed E-state index contributed by atoms with van der Waals surface area (Å²) in [6.07, 6.45) is 2.15. The number of likely N-dealkylation sites (N-methyl/N-ethyl adjacent to an activating group) is 2. The molecule has 126 valence electrons. The van der Waals surface area contributed by atoms with Crippen LogP contribution in [0.1, 0.15) is 23.2 Å². The van der Waals surface area contributed by atoms with E-state index in [4.69, 9.17) is 4.74 Å². The maximum absolute atomic E-state index is 12.6. The first kappa shape index (κ1) is 17.4. The van der Waals surface area contributed by atoms with Gasteiger partial charge in [-0.1, -0.05) is 0 Å². The maximum Gasteiger partial charge on any atom is 0.253 e. The Kier molecular flexibility index (Phi) is 6.12. The maximum atomic E-state index is 12.6. The lowest BCUT2D eigenvalue weighted by molar-refractivity contribution is -0.119. The van der Waals surface area contributed by atoms with Gasteiger partial charge in [-0.25, -0.2) is 0 Å². The summed E-state index contributed by atoms with van der Waals surface area (Å²) in [6, 6.07) is 7.22. The molecule has 1 aliphatic heterocycles. The van der Waals surface area contributed by atoms with Crippen molar-refractivity contribution in [2.75, 3.05) is 46.2 Å². The number of nitrogens with one attached hydrogen (secondary N) is 1. The lowest BCUT2D eigenvalue weighted by atomic mass is 10.0. The van der Waals surface area contributed by atoms with Crippen molar-refractivity contribution in [3.8, 4) is 0 Å². The SMILES string of the molecule is COCC(=O)Nc1ccc(C(=O)N(C)[C@H]2CCCN(C)C2)cc1. The van der Waals surface area contributed by atoms with Crippen molar-refractivity contribution in [3.05, 3.63) is 29.8 Å². The van der Waals surface area contributed by atoms with E-state index in [1.807, 2.05) is 11.9 Å². The molecule has 0 saturated carbocycles. The summed E-state index contributed by atoms with van der Waals surface area (Å²) in [5.41, 5.74) is 1.29. The van der Waals surface area contributed by atoms with Crippen LogP contribution >= 0.6 is 0 Å². The van der Waals surface area contributed by atoms with E-state index in [0.717, 1.165) is 25.9 Å². The standard InChI is InChI=1S/C17H25N3O3/c1-19-10-4-5-15(11-19)20(2)17(22)13-6-8-14(9-7-13)18-16(21)12-23-3/h6-9,15H,4-5,10-12H2,1-3H3,(H,18,21)/t15-/m0/s1. The molecule has 0 aliphatic carbocycles. The number of hydrogen-bond acceptors (Lipinski definition) is 4. The highest BCUT2D eigenvalue weighted by atomic mass is 16.5. The molecule has 6 heteroatoms. The Balaban J connectivity index is 1.97. The highest BCUT2D eigenvalue weighted by Gasteiger charge is 2.25. The number of carbonyl (C=O) groups excluding carboxylic acids is 2. The minimum absolute atomic E-state index is 0.0125. The van der Waals surface area contributed by atoms with Gasteiger partial charge in [-0.05, 0) is 50.7 Å². The third kappa shape index (κ3) is 4.77. The molecular weight excluding hydrogens is 294 g/mol. The molecule has 0 radical (unpaired) electrons. The van der Waals surface area contributed by atoms with Gasteiger partial charge in [0.05, 0.1) is 0 Å². The number of carbonyl (C=O) groups is 2. The lowest BCUT2D eigenvalue weighted by Gasteiger charge is -2.35. The first-order valence-electron chi connectivity index (χ1n) is 7.86. The molecule has 0 aromatic heterocycles. The van der Waals surface area contributed by atoms with Gasteiger partial charge < -0.3 is 19.9 Å². The summed E-state index contributed by atoms with van der Waals surface area (Å²) in [6.45, 7) is 2.01. The Bertz CT molecular complexity index is 545. The summed E-state index contributed by atoms with van der Waals surface area (Å²) in [5, 5.41) is 2.71. The van der Waals surface area contributed by atoms with E-state index < -0.39 is 0 Å². The molecule has 0 unspecified atom stereocenters. The second kappa shape index (κ2) is 8.08. The van der Waals surface area contributed by atoms with Crippen LogP contribution in [0, 0.1) is 0 Å². The number of anilines is 1. The molecule has 6 nitrogen and oxygen atoms in total. The Morgan fingerprint density at radius 1 is 1.35 bits per heavy atom. The number of ether oxygens (including phenoxy) is 1. The molecular formula is C17H25N3O3. The molecule has 1 saturated heterocycles. The van der Waals surface area contributed by atoms with Gasteiger partial charge in [0.2, 0.25) is 5.91 Å². The van der Waals surface area contributed by atoms with Gasteiger partial charge in [-0.2, -0.15) is 0 Å². The zero-order valence-electron chi connectivity index (χ0n) is 14.0. The zero-order valence-corrected chi connectivity index (χ0v) is 14.0. The summed E-state index contributed by atoms with van der Waals surface area (Å²) in [7, 11) is 5.42. The zero-order chi connectivity index (χ0) is 16.8. The highest BCUT2D eigenvalue weighted by Crippen LogP contribution is 2.17. The number of amides is 2. The molecule has 1 heterocycles. The van der Waals surface area contributed by atoms with Crippen LogP contribution in [-0.4, -0.2) is 68.6 Å². The second-order valence-corrected chi connectivity index (χ2v) is 6.03. The Hall–Kier alpha value is -1.92. The molecule has 2 rings (SSSR count). The van der Waals surface area contributed by atoms with Crippen LogP contribution in [0.15, 0.2) is 24.3 Å². The molecule has 1 aliphatic rings. The Labute approximate surface area is 137 Å². The minimum atomic E-state index is -0.214. The predicted molar refractivity (Wildman–Crippen MR) is 89.6 cm³/mol. The van der Waals surface area contributed by atoms with E-state index in [1.165, 1.54) is 7.11 Å². The molecule has 1 N–H and O–H groups in total. The van der Waals surface area contributed by atoms with E-state index in [1.54, 1.807) is 24.3 Å². The van der Waals surface area contributed by atoms with E-state index in [2.05, 4.69) is 17.3 Å². The average Bonchev–Trinajstić information content (AvgIpc) is 2.54. The monoisotopic (exact) mass is 319 g/mol. The van der Waals surface area contributed by atoms with Crippen LogP contribution in [0.25, 0.3) is 0 Å². The largest absolute Gasteiger partial charge is 0.375 e. The third-order valence-corrected chi connectivity index (χ3v) is 4.16. The van der Waals surface area contributed by atoms with Crippen molar-refractivity contribution in [1.29, 1.82) is 0 Å². The number of nitrogens with zero attached hydrogens (tertiary/aromatic N) is 2. The van der Waals surface area contributed by atoms with E-state index in [9.17, 15) is 9.59 Å². The van der Waals surface area contributed by atoms with Crippen molar-refractivity contribution >= 4 is 17.5 Å². The van der Waals surface area contributed by atoms with Crippen LogP contribution in [-0.2, 0) is 9.53 Å². The molecule has 2 amide bonds. The fourth-order valence-electron chi connectivity index (χ4n) is 2.85. The van der Waals surface area contributed by atoms with Crippen LogP contribution in [0.2, 0.25) is 0 Å². The number of methoxy groups -OCH3 is 1. The smallest absolute Gasteiger partial charge is 0.253 e. The fourth-order valence-corrected chi connectivity index (χ4v) is 2.85. The van der Waals surface area contributed by atoms with Crippen molar-refractivity contribution < 1.29 is 14.3 Å². The van der Waals surface area contributed by atoms with Gasteiger partial charge in [0.1, 0.15) is 6.61 Å². The van der Waals surface area contributed by atoms with Crippen LogP contribution in [0.5, 0.6) is 0 Å². The molecule has 1 aromatic rings. The number of hydrogen-bond donors (Lipinski definition) is 1. The van der Waals surface area contributed by atoms with Crippen molar-refractivity contribution in [3.63, 3.8) is 0 Å². The van der Waals surface area contributed by atoms with Gasteiger partial charge in [0.15, 0.2) is 0 Å². The quantitative estimate of drug-likeness (QED) is 0.892. The highest BCUT2D eigenvalue weighted by molar-refractivity contribution is 5.96. The van der Waals surface area contributed by atoms with E-state index >= 15 is 0 Å². The number of benzene rings is 1. The summed E-state index contributed by atoms with van der Waals surface area (Å²) < 4.78 is 4.77.